The zero-order valence-electron chi connectivity index (χ0n) is 17.8. The van der Waals surface area contributed by atoms with Gasteiger partial charge in [0.25, 0.3) is 0 Å². The minimum Gasteiger partial charge on any atom is -0.346 e. The van der Waals surface area contributed by atoms with Gasteiger partial charge in [0.15, 0.2) is 0 Å². The third-order valence-corrected chi connectivity index (χ3v) is 7.93. The molecule has 1 saturated heterocycles. The van der Waals surface area contributed by atoms with E-state index in [0.29, 0.717) is 24.7 Å². The monoisotopic (exact) mass is 438 g/mol. The summed E-state index contributed by atoms with van der Waals surface area (Å²) in [5, 5.41) is 8.88. The summed E-state index contributed by atoms with van der Waals surface area (Å²) in [4.78, 5) is 14.5. The fourth-order valence-electron chi connectivity index (χ4n) is 4.13. The van der Waals surface area contributed by atoms with E-state index >= 15 is 0 Å². The van der Waals surface area contributed by atoms with E-state index in [9.17, 15) is 13.2 Å². The average molecular weight is 439 g/mol. The van der Waals surface area contributed by atoms with E-state index in [1.807, 2.05) is 12.1 Å². The van der Waals surface area contributed by atoms with Crippen LogP contribution in [0.3, 0.4) is 0 Å². The summed E-state index contributed by atoms with van der Waals surface area (Å²) in [6.07, 6.45) is 5.88. The van der Waals surface area contributed by atoms with Gasteiger partial charge < -0.3 is 9.47 Å². The van der Waals surface area contributed by atoms with Gasteiger partial charge in [0, 0.05) is 49.7 Å². The van der Waals surface area contributed by atoms with Gasteiger partial charge in [-0.25, -0.2) is 8.42 Å². The molecule has 2 aromatic rings. The van der Waals surface area contributed by atoms with Crippen LogP contribution in [0.5, 0.6) is 0 Å². The maximum absolute atomic E-state index is 12.8. The van der Waals surface area contributed by atoms with Crippen molar-refractivity contribution in [2.75, 3.05) is 26.2 Å². The van der Waals surface area contributed by atoms with Crippen LogP contribution in [0.2, 0.25) is 0 Å². The molecule has 0 atom stereocenters. The molecule has 1 aliphatic heterocycles. The number of sulfonamides is 1. The Morgan fingerprint density at radius 3 is 2.32 bits per heavy atom. The molecule has 1 aromatic carbocycles. The second-order valence-electron chi connectivity index (χ2n) is 8.13. The van der Waals surface area contributed by atoms with Crippen molar-refractivity contribution in [2.45, 2.75) is 37.6 Å². The van der Waals surface area contributed by atoms with Gasteiger partial charge in [-0.1, -0.05) is 0 Å². The van der Waals surface area contributed by atoms with Crippen molar-refractivity contribution >= 4 is 22.0 Å². The Balaban J connectivity index is 1.38. The SMILES string of the molecule is Cc1cc(/C=C/C(=O)N2CCN(S(=O)(=O)c3ccc(C#N)cc3)CC2)c(C)n1C1CC1. The lowest BCUT2D eigenvalue weighted by Crippen LogP contribution is -2.50. The molecular formula is C23H26N4O3S. The Hall–Kier alpha value is -2.89. The quantitative estimate of drug-likeness (QED) is 0.672. The van der Waals surface area contributed by atoms with Crippen LogP contribution in [0, 0.1) is 25.2 Å². The number of amides is 1. The van der Waals surface area contributed by atoms with E-state index in [4.69, 9.17) is 5.26 Å². The van der Waals surface area contributed by atoms with E-state index in [1.54, 1.807) is 11.0 Å². The fourth-order valence-corrected chi connectivity index (χ4v) is 5.55. The number of hydrogen-bond donors (Lipinski definition) is 0. The summed E-state index contributed by atoms with van der Waals surface area (Å²) < 4.78 is 29.4. The number of nitrogens with zero attached hydrogens (tertiary/aromatic N) is 4. The van der Waals surface area contributed by atoms with Crippen LogP contribution in [0.25, 0.3) is 6.08 Å². The van der Waals surface area contributed by atoms with E-state index < -0.39 is 10.0 Å². The third kappa shape index (κ3) is 4.29. The molecule has 0 bridgehead atoms. The first-order valence-electron chi connectivity index (χ1n) is 10.5. The predicted octanol–water partition coefficient (Wildman–Crippen LogP) is 2.86. The van der Waals surface area contributed by atoms with Crippen molar-refractivity contribution in [3.63, 3.8) is 0 Å². The summed E-state index contributed by atoms with van der Waals surface area (Å²) in [7, 11) is -3.64. The minimum atomic E-state index is -3.64. The maximum Gasteiger partial charge on any atom is 0.246 e. The lowest BCUT2D eigenvalue weighted by molar-refractivity contribution is -0.127. The van der Waals surface area contributed by atoms with Crippen molar-refractivity contribution in [3.05, 3.63) is 58.9 Å². The summed E-state index contributed by atoms with van der Waals surface area (Å²) >= 11 is 0. The van der Waals surface area contributed by atoms with Crippen LogP contribution in [-0.4, -0.2) is 54.3 Å². The van der Waals surface area contributed by atoms with Crippen LogP contribution in [0.4, 0.5) is 0 Å². The van der Waals surface area contributed by atoms with Gasteiger partial charge in [-0.15, -0.1) is 0 Å². The maximum atomic E-state index is 12.8. The van der Waals surface area contributed by atoms with Crippen molar-refractivity contribution in [1.29, 1.82) is 5.26 Å². The summed E-state index contributed by atoms with van der Waals surface area (Å²) in [6, 6.07) is 10.6. The molecular weight excluding hydrogens is 412 g/mol. The van der Waals surface area contributed by atoms with Crippen LogP contribution in [0.1, 0.15) is 41.4 Å². The van der Waals surface area contributed by atoms with Crippen molar-refractivity contribution in [2.24, 2.45) is 0 Å². The van der Waals surface area contributed by atoms with Gasteiger partial charge >= 0.3 is 0 Å². The van der Waals surface area contributed by atoms with Gasteiger partial charge in [0.05, 0.1) is 16.5 Å². The fraction of sp³-hybridized carbons (Fsp3) is 0.391. The van der Waals surface area contributed by atoms with Crippen LogP contribution in [-0.2, 0) is 14.8 Å². The Kier molecular flexibility index (Phi) is 5.73. The van der Waals surface area contributed by atoms with Crippen molar-refractivity contribution in [1.82, 2.24) is 13.8 Å². The highest BCUT2D eigenvalue weighted by molar-refractivity contribution is 7.89. The number of aryl methyl sites for hydroxylation is 1. The molecule has 2 fully saturated rings. The number of carbonyl (C=O) groups is 1. The minimum absolute atomic E-state index is 0.105. The second-order valence-corrected chi connectivity index (χ2v) is 10.1. The Morgan fingerprint density at radius 2 is 1.74 bits per heavy atom. The normalized spacial score (nSPS) is 17.8. The first-order chi connectivity index (χ1) is 14.8. The van der Waals surface area contributed by atoms with E-state index in [1.165, 1.54) is 52.8 Å². The van der Waals surface area contributed by atoms with Crippen molar-refractivity contribution in [3.8, 4) is 6.07 Å². The second kappa shape index (κ2) is 8.33. The Morgan fingerprint density at radius 1 is 1.10 bits per heavy atom. The zero-order chi connectivity index (χ0) is 22.2. The number of rotatable bonds is 5. The first kappa shape index (κ1) is 21.3. The molecule has 7 nitrogen and oxygen atoms in total. The van der Waals surface area contributed by atoms with Gasteiger partial charge in [-0.3, -0.25) is 4.79 Å². The van der Waals surface area contributed by atoms with Crippen LogP contribution in [0.15, 0.2) is 41.3 Å². The molecule has 0 spiro atoms. The van der Waals surface area contributed by atoms with Gasteiger partial charge in [0.1, 0.15) is 0 Å². The lowest BCUT2D eigenvalue weighted by Gasteiger charge is -2.33. The number of benzene rings is 1. The molecule has 162 valence electrons. The van der Waals surface area contributed by atoms with Crippen LogP contribution < -0.4 is 0 Å². The topological polar surface area (TPSA) is 86.4 Å². The molecule has 0 radical (unpaired) electrons. The van der Waals surface area contributed by atoms with Gasteiger partial charge in [-0.05, 0) is 68.7 Å². The standard InChI is InChI=1S/C23H26N4O3S/c1-17-15-20(18(2)27(17)21-6-7-21)5-10-23(28)25-11-13-26(14-12-25)31(29,30)22-8-3-19(16-24)4-9-22/h3-5,8-10,15,21H,6-7,11-14H2,1-2H3/b10-5+. The molecule has 1 aromatic heterocycles. The summed E-state index contributed by atoms with van der Waals surface area (Å²) in [5.74, 6) is -0.105. The first-order valence-corrected chi connectivity index (χ1v) is 11.9. The highest BCUT2D eigenvalue weighted by Gasteiger charge is 2.30. The predicted molar refractivity (Wildman–Crippen MR) is 118 cm³/mol. The highest BCUT2D eigenvalue weighted by atomic mass is 32.2. The molecule has 1 saturated carbocycles. The largest absolute Gasteiger partial charge is 0.346 e. The number of nitriles is 1. The number of carbonyl (C=O) groups excluding carboxylic acids is 1. The Bertz CT molecular complexity index is 1160. The number of aromatic nitrogens is 1. The average Bonchev–Trinajstić information content (AvgIpc) is 3.57. The van der Waals surface area contributed by atoms with Gasteiger partial charge in [-0.2, -0.15) is 9.57 Å². The molecule has 2 heterocycles. The number of hydrogen-bond acceptors (Lipinski definition) is 4. The van der Waals surface area contributed by atoms with E-state index in [0.717, 1.165) is 5.56 Å². The van der Waals surface area contributed by atoms with Gasteiger partial charge in [0.2, 0.25) is 15.9 Å². The molecule has 0 N–H and O–H groups in total. The van der Waals surface area contributed by atoms with Crippen molar-refractivity contribution < 1.29 is 13.2 Å². The highest BCUT2D eigenvalue weighted by Crippen LogP contribution is 2.38. The molecule has 8 heteroatoms. The molecule has 0 unspecified atom stereocenters. The lowest BCUT2D eigenvalue weighted by atomic mass is 10.2. The molecule has 31 heavy (non-hydrogen) atoms. The number of piperazine rings is 1. The third-order valence-electron chi connectivity index (χ3n) is 6.01. The van der Waals surface area contributed by atoms with Crippen LogP contribution >= 0.6 is 0 Å². The van der Waals surface area contributed by atoms with E-state index in [-0.39, 0.29) is 23.9 Å². The Labute approximate surface area is 183 Å². The molecule has 4 rings (SSSR count). The summed E-state index contributed by atoms with van der Waals surface area (Å²) in [5.41, 5.74) is 3.87. The van der Waals surface area contributed by atoms with E-state index in [2.05, 4.69) is 24.5 Å². The smallest absolute Gasteiger partial charge is 0.246 e. The molecule has 2 aliphatic rings. The molecule has 1 aliphatic carbocycles. The summed E-state index contributed by atoms with van der Waals surface area (Å²) in [6.45, 7) is 5.37. The molecule has 1 amide bonds. The zero-order valence-corrected chi connectivity index (χ0v) is 18.6.